The summed E-state index contributed by atoms with van der Waals surface area (Å²) >= 11 is 0. The Morgan fingerprint density at radius 2 is 1.88 bits per heavy atom. The number of fused-ring (bicyclic) bond motifs is 1. The first kappa shape index (κ1) is 16.9. The van der Waals surface area contributed by atoms with Crippen LogP contribution in [0.4, 0.5) is 8.78 Å². The summed E-state index contributed by atoms with van der Waals surface area (Å²) in [6.45, 7) is 3.77. The summed E-state index contributed by atoms with van der Waals surface area (Å²) < 4.78 is 34.3. The molecular weight excluding hydrogens is 306 g/mol. The molecule has 0 N–H and O–H groups in total. The highest BCUT2D eigenvalue weighted by atomic mass is 19.2. The van der Waals surface area contributed by atoms with E-state index < -0.39 is 11.6 Å². The third-order valence-corrected chi connectivity index (χ3v) is 5.32. The van der Waals surface area contributed by atoms with Crippen LogP contribution in [0.3, 0.4) is 0 Å². The molecule has 2 aromatic carbocycles. The van der Waals surface area contributed by atoms with Crippen molar-refractivity contribution in [3.63, 3.8) is 0 Å². The van der Waals surface area contributed by atoms with Crippen molar-refractivity contribution < 1.29 is 13.5 Å². The highest BCUT2D eigenvalue weighted by Crippen LogP contribution is 2.40. The van der Waals surface area contributed by atoms with Gasteiger partial charge in [-0.2, -0.15) is 0 Å². The molecule has 0 spiro atoms. The molecule has 1 saturated carbocycles. The maximum atomic E-state index is 14.6. The number of methoxy groups -OCH3 is 1. The number of ether oxygens (including phenoxy) is 1. The number of allylic oxidation sites excluding steroid dienone is 1. The zero-order valence-electron chi connectivity index (χ0n) is 14.2. The molecule has 0 saturated heterocycles. The minimum atomic E-state index is -0.754. The van der Waals surface area contributed by atoms with Crippen LogP contribution < -0.4 is 4.74 Å². The van der Waals surface area contributed by atoms with Crippen LogP contribution in [0.1, 0.15) is 50.0 Å². The molecule has 0 aromatic heterocycles. The van der Waals surface area contributed by atoms with Crippen LogP contribution in [-0.2, 0) is 0 Å². The third kappa shape index (κ3) is 3.31. The van der Waals surface area contributed by atoms with Crippen molar-refractivity contribution in [2.45, 2.75) is 44.4 Å². The Labute approximate surface area is 142 Å². The molecule has 0 aliphatic heterocycles. The summed E-state index contributed by atoms with van der Waals surface area (Å²) in [5.74, 6) is -0.0976. The van der Waals surface area contributed by atoms with Crippen LogP contribution in [0.2, 0.25) is 0 Å². The third-order valence-electron chi connectivity index (χ3n) is 5.32. The van der Waals surface area contributed by atoms with Crippen LogP contribution in [0.5, 0.6) is 5.75 Å². The maximum absolute atomic E-state index is 14.6. The molecule has 128 valence electrons. The Hall–Kier alpha value is -1.90. The highest BCUT2D eigenvalue weighted by Gasteiger charge is 2.26. The van der Waals surface area contributed by atoms with Gasteiger partial charge in [0.05, 0.1) is 7.11 Å². The van der Waals surface area contributed by atoms with Gasteiger partial charge in [-0.15, -0.1) is 6.58 Å². The lowest BCUT2D eigenvalue weighted by Gasteiger charge is -2.29. The minimum absolute atomic E-state index is 0.117. The fourth-order valence-electron chi connectivity index (χ4n) is 3.87. The SMILES string of the molecule is C=CCCC1CCC(c2cc3ccc(OC)cc3c(F)c2F)CC1. The molecule has 1 nitrogen and oxygen atoms in total. The average Bonchev–Trinajstić information content (AvgIpc) is 2.63. The Balaban J connectivity index is 1.85. The summed E-state index contributed by atoms with van der Waals surface area (Å²) in [6, 6.07) is 6.97. The van der Waals surface area contributed by atoms with Gasteiger partial charge in [-0.3, -0.25) is 0 Å². The van der Waals surface area contributed by atoms with E-state index in [1.807, 2.05) is 12.1 Å². The average molecular weight is 330 g/mol. The summed E-state index contributed by atoms with van der Waals surface area (Å²) in [5.41, 5.74) is 0.535. The summed E-state index contributed by atoms with van der Waals surface area (Å²) in [4.78, 5) is 0. The van der Waals surface area contributed by atoms with Gasteiger partial charge in [0.1, 0.15) is 5.75 Å². The fraction of sp³-hybridized carbons (Fsp3) is 0.429. The molecule has 0 bridgehead atoms. The van der Waals surface area contributed by atoms with Gasteiger partial charge >= 0.3 is 0 Å². The maximum Gasteiger partial charge on any atom is 0.167 e. The fourth-order valence-corrected chi connectivity index (χ4v) is 3.87. The van der Waals surface area contributed by atoms with E-state index in [1.54, 1.807) is 18.2 Å². The lowest BCUT2D eigenvalue weighted by Crippen LogP contribution is -2.15. The first-order chi connectivity index (χ1) is 11.6. The van der Waals surface area contributed by atoms with E-state index in [4.69, 9.17) is 4.74 Å². The van der Waals surface area contributed by atoms with Crippen LogP contribution >= 0.6 is 0 Å². The molecule has 1 fully saturated rings. The van der Waals surface area contributed by atoms with E-state index in [-0.39, 0.29) is 11.3 Å². The van der Waals surface area contributed by atoms with Crippen molar-refractivity contribution >= 4 is 10.8 Å². The lowest BCUT2D eigenvalue weighted by molar-refractivity contribution is 0.306. The monoisotopic (exact) mass is 330 g/mol. The first-order valence-electron chi connectivity index (χ1n) is 8.70. The Bertz CT molecular complexity index is 730. The van der Waals surface area contributed by atoms with Gasteiger partial charge < -0.3 is 4.74 Å². The summed E-state index contributed by atoms with van der Waals surface area (Å²) in [7, 11) is 1.52. The normalized spacial score (nSPS) is 21.0. The number of hydrogen-bond donors (Lipinski definition) is 0. The van der Waals surface area contributed by atoms with Crippen molar-refractivity contribution in [2.24, 2.45) is 5.92 Å². The number of rotatable bonds is 5. The van der Waals surface area contributed by atoms with Crippen LogP contribution in [0.15, 0.2) is 36.9 Å². The second-order valence-corrected chi connectivity index (χ2v) is 6.76. The summed E-state index contributed by atoms with van der Waals surface area (Å²) in [5, 5.41) is 1.02. The van der Waals surface area contributed by atoms with Gasteiger partial charge in [0, 0.05) is 5.39 Å². The molecule has 0 atom stereocenters. The van der Waals surface area contributed by atoms with Crippen LogP contribution in [0.25, 0.3) is 10.8 Å². The van der Waals surface area contributed by atoms with Gasteiger partial charge in [-0.05, 0) is 79.5 Å². The topological polar surface area (TPSA) is 9.23 Å². The van der Waals surface area contributed by atoms with E-state index in [9.17, 15) is 8.78 Å². The second kappa shape index (κ2) is 7.33. The zero-order valence-corrected chi connectivity index (χ0v) is 14.2. The van der Waals surface area contributed by atoms with Gasteiger partial charge in [0.2, 0.25) is 0 Å². The standard InChI is InChI=1S/C21H24F2O/c1-3-4-5-14-6-8-15(9-7-14)18-12-16-10-11-17(24-2)13-19(16)21(23)20(18)22/h3,10-15H,1,4-9H2,2H3. The van der Waals surface area contributed by atoms with Gasteiger partial charge in [-0.25, -0.2) is 8.78 Å². The lowest BCUT2D eigenvalue weighted by atomic mass is 9.76. The molecular formula is C21H24F2O. The minimum Gasteiger partial charge on any atom is -0.497 e. The van der Waals surface area contributed by atoms with Crippen molar-refractivity contribution in [3.05, 3.63) is 54.1 Å². The van der Waals surface area contributed by atoms with E-state index >= 15 is 0 Å². The Morgan fingerprint density at radius 3 is 2.54 bits per heavy atom. The molecule has 2 aromatic rings. The van der Waals surface area contributed by atoms with Gasteiger partial charge in [0.15, 0.2) is 11.6 Å². The second-order valence-electron chi connectivity index (χ2n) is 6.76. The van der Waals surface area contributed by atoms with E-state index in [1.165, 1.54) is 7.11 Å². The molecule has 1 aliphatic rings. The van der Waals surface area contributed by atoms with Crippen molar-refractivity contribution in [1.29, 1.82) is 0 Å². The zero-order chi connectivity index (χ0) is 17.1. The van der Waals surface area contributed by atoms with Crippen molar-refractivity contribution in [2.75, 3.05) is 7.11 Å². The predicted molar refractivity (Wildman–Crippen MR) is 94.5 cm³/mol. The smallest absolute Gasteiger partial charge is 0.167 e. The molecule has 3 rings (SSSR count). The first-order valence-corrected chi connectivity index (χ1v) is 8.70. The van der Waals surface area contributed by atoms with Gasteiger partial charge in [-0.1, -0.05) is 12.1 Å². The Kier molecular flexibility index (Phi) is 5.17. The summed E-state index contributed by atoms with van der Waals surface area (Å²) in [6.07, 6.45) is 8.18. The molecule has 0 heterocycles. The number of hydrogen-bond acceptors (Lipinski definition) is 1. The van der Waals surface area contributed by atoms with Crippen molar-refractivity contribution in [1.82, 2.24) is 0 Å². The molecule has 24 heavy (non-hydrogen) atoms. The predicted octanol–water partition coefficient (Wildman–Crippen LogP) is 6.37. The number of benzene rings is 2. The molecule has 0 radical (unpaired) electrons. The molecule has 0 unspecified atom stereocenters. The van der Waals surface area contributed by atoms with Crippen LogP contribution in [-0.4, -0.2) is 7.11 Å². The molecule has 3 heteroatoms. The van der Waals surface area contributed by atoms with E-state index in [2.05, 4.69) is 6.58 Å². The Morgan fingerprint density at radius 1 is 1.12 bits per heavy atom. The van der Waals surface area contributed by atoms with E-state index in [0.717, 1.165) is 43.9 Å². The van der Waals surface area contributed by atoms with Crippen LogP contribution in [0, 0.1) is 17.6 Å². The van der Waals surface area contributed by atoms with Gasteiger partial charge in [0.25, 0.3) is 0 Å². The largest absolute Gasteiger partial charge is 0.497 e. The molecule has 0 amide bonds. The van der Waals surface area contributed by atoms with Crippen molar-refractivity contribution in [3.8, 4) is 5.75 Å². The highest BCUT2D eigenvalue weighted by molar-refractivity contribution is 5.85. The van der Waals surface area contributed by atoms with E-state index in [0.29, 0.717) is 17.2 Å². The quantitative estimate of drug-likeness (QED) is 0.579. The molecule has 1 aliphatic carbocycles. The number of halogens is 2.